The highest BCUT2D eigenvalue weighted by molar-refractivity contribution is 5.87. The van der Waals surface area contributed by atoms with Gasteiger partial charge in [0.15, 0.2) is 0 Å². The number of carboxylic acid groups (broad SMARTS) is 1. The maximum absolute atomic E-state index is 13.1. The second-order valence-electron chi connectivity index (χ2n) is 7.50. The average Bonchev–Trinajstić information content (AvgIpc) is 3.05. The van der Waals surface area contributed by atoms with E-state index in [4.69, 9.17) is 10.5 Å². The molecule has 2 rings (SSSR count). The van der Waals surface area contributed by atoms with Crippen LogP contribution < -0.4 is 11.1 Å². The number of fused-ring (bicyclic) bond motifs is 1. The number of esters is 1. The van der Waals surface area contributed by atoms with Gasteiger partial charge in [-0.1, -0.05) is 12.8 Å². The van der Waals surface area contributed by atoms with Crippen LogP contribution in [-0.2, 0) is 19.1 Å². The minimum atomic E-state index is -1.00. The fraction of sp³-hybridized carbons (Fsp3) is 0.842. The maximum atomic E-state index is 13.1. The van der Waals surface area contributed by atoms with Gasteiger partial charge in [0.25, 0.3) is 0 Å². The first-order chi connectivity index (χ1) is 13.0. The van der Waals surface area contributed by atoms with Gasteiger partial charge in [-0.2, -0.15) is 0 Å². The Kier molecular flexibility index (Phi) is 8.50. The zero-order valence-electron chi connectivity index (χ0n) is 16.2. The van der Waals surface area contributed by atoms with Crippen molar-refractivity contribution in [1.82, 2.24) is 10.2 Å². The number of nitrogens with zero attached hydrogens (tertiary/aromatic N) is 1. The van der Waals surface area contributed by atoms with Crippen LogP contribution in [0.1, 0.15) is 58.3 Å². The molecule has 1 saturated carbocycles. The smallest absolute Gasteiger partial charge is 0.323 e. The van der Waals surface area contributed by atoms with Crippen LogP contribution in [0.4, 0.5) is 0 Å². The van der Waals surface area contributed by atoms with E-state index in [1.54, 1.807) is 6.92 Å². The molecule has 1 amide bonds. The van der Waals surface area contributed by atoms with Crippen LogP contribution in [0.3, 0.4) is 0 Å². The van der Waals surface area contributed by atoms with Crippen molar-refractivity contribution in [2.75, 3.05) is 19.7 Å². The molecule has 1 heterocycles. The Bertz CT molecular complexity index is 527. The summed E-state index contributed by atoms with van der Waals surface area (Å²) in [5.74, 6) is -1.23. The van der Waals surface area contributed by atoms with Crippen molar-refractivity contribution in [2.45, 2.75) is 76.4 Å². The first-order valence-corrected chi connectivity index (χ1v) is 10.1. The van der Waals surface area contributed by atoms with Crippen molar-refractivity contribution in [2.24, 2.45) is 11.7 Å². The van der Waals surface area contributed by atoms with Crippen LogP contribution in [0, 0.1) is 5.92 Å². The average molecular weight is 383 g/mol. The molecule has 0 spiro atoms. The number of aliphatic carboxylic acids is 1. The van der Waals surface area contributed by atoms with Crippen LogP contribution in [0.25, 0.3) is 0 Å². The number of rotatable bonds is 10. The molecule has 27 heavy (non-hydrogen) atoms. The molecule has 4 N–H and O–H groups in total. The molecule has 0 bridgehead atoms. The lowest BCUT2D eigenvalue weighted by Gasteiger charge is -2.31. The number of amides is 1. The molecule has 8 heteroatoms. The Labute approximate surface area is 160 Å². The third kappa shape index (κ3) is 5.90. The van der Waals surface area contributed by atoms with E-state index in [-0.39, 0.29) is 31.1 Å². The van der Waals surface area contributed by atoms with Gasteiger partial charge in [-0.3, -0.25) is 19.7 Å². The van der Waals surface area contributed by atoms with E-state index < -0.39 is 18.1 Å². The number of carboxylic acids is 1. The minimum absolute atomic E-state index is 0.00122. The molecule has 1 saturated heterocycles. The quantitative estimate of drug-likeness (QED) is 0.378. The van der Waals surface area contributed by atoms with Crippen molar-refractivity contribution in [3.63, 3.8) is 0 Å². The van der Waals surface area contributed by atoms with Gasteiger partial charge in [0.1, 0.15) is 12.6 Å². The second kappa shape index (κ2) is 10.6. The first kappa shape index (κ1) is 21.6. The Morgan fingerprint density at radius 1 is 1.30 bits per heavy atom. The van der Waals surface area contributed by atoms with Gasteiger partial charge in [0.05, 0.1) is 12.6 Å². The molecule has 1 aliphatic heterocycles. The van der Waals surface area contributed by atoms with Crippen LogP contribution in [0.15, 0.2) is 0 Å². The van der Waals surface area contributed by atoms with Gasteiger partial charge in [-0.15, -0.1) is 0 Å². The summed E-state index contributed by atoms with van der Waals surface area (Å²) in [6, 6.07) is -1.13. The largest absolute Gasteiger partial charge is 0.480 e. The molecule has 1 aliphatic carbocycles. The maximum Gasteiger partial charge on any atom is 0.323 e. The summed E-state index contributed by atoms with van der Waals surface area (Å²) >= 11 is 0. The van der Waals surface area contributed by atoms with Crippen LogP contribution in [0.5, 0.6) is 0 Å². The zero-order chi connectivity index (χ0) is 19.8. The predicted octanol–water partition coefficient (Wildman–Crippen LogP) is 0.881. The van der Waals surface area contributed by atoms with Crippen LogP contribution in [-0.4, -0.2) is 65.7 Å². The fourth-order valence-electron chi connectivity index (χ4n) is 4.38. The van der Waals surface area contributed by atoms with Gasteiger partial charge < -0.3 is 20.5 Å². The monoisotopic (exact) mass is 383 g/mol. The van der Waals surface area contributed by atoms with Gasteiger partial charge in [0, 0.05) is 6.04 Å². The third-order valence-electron chi connectivity index (χ3n) is 5.65. The lowest BCUT2D eigenvalue weighted by atomic mass is 9.97. The molecular formula is C19H33N3O5. The highest BCUT2D eigenvalue weighted by Crippen LogP contribution is 2.36. The van der Waals surface area contributed by atoms with Crippen LogP contribution >= 0.6 is 0 Å². The summed E-state index contributed by atoms with van der Waals surface area (Å²) in [4.78, 5) is 38.3. The minimum Gasteiger partial charge on any atom is -0.480 e. The number of nitrogens with two attached hydrogens (primary N) is 1. The summed E-state index contributed by atoms with van der Waals surface area (Å²) in [5.41, 5.74) is 5.54. The fourth-order valence-corrected chi connectivity index (χ4v) is 4.38. The van der Waals surface area contributed by atoms with Gasteiger partial charge >= 0.3 is 11.9 Å². The SMILES string of the molecule is CCOC(=O)[C@H](CCCCN)N[C@H]1CCC2CCC[C@@H]2N(CC(=O)O)C1=O. The summed E-state index contributed by atoms with van der Waals surface area (Å²) in [6.45, 7) is 2.30. The zero-order valence-corrected chi connectivity index (χ0v) is 16.2. The molecule has 0 radical (unpaired) electrons. The number of likely N-dealkylation sites (tertiary alicyclic amines) is 1. The number of carbonyl (C=O) groups is 3. The molecule has 8 nitrogen and oxygen atoms in total. The first-order valence-electron chi connectivity index (χ1n) is 10.1. The highest BCUT2D eigenvalue weighted by atomic mass is 16.5. The lowest BCUT2D eigenvalue weighted by Crippen LogP contribution is -2.54. The van der Waals surface area contributed by atoms with E-state index >= 15 is 0 Å². The van der Waals surface area contributed by atoms with E-state index in [0.717, 1.165) is 38.5 Å². The van der Waals surface area contributed by atoms with Gasteiger partial charge in [-0.05, 0) is 57.9 Å². The molecule has 0 aromatic rings. The number of carbonyl (C=O) groups excluding carboxylic acids is 2. The van der Waals surface area contributed by atoms with Crippen LogP contribution in [0.2, 0.25) is 0 Å². The van der Waals surface area contributed by atoms with E-state index in [9.17, 15) is 19.5 Å². The predicted molar refractivity (Wildman–Crippen MR) is 100.0 cm³/mol. The standard InChI is InChI=1S/C19H33N3O5/c1-2-27-19(26)15(7-3-4-11-20)21-14-10-9-13-6-5-8-16(13)22(18(14)25)12-17(23)24/h13-16,21H,2-12,20H2,1H3,(H,23,24)/t13?,14-,15-,16-/m0/s1. The Morgan fingerprint density at radius 3 is 2.74 bits per heavy atom. The number of hydrogen-bond donors (Lipinski definition) is 3. The normalized spacial score (nSPS) is 26.4. The topological polar surface area (TPSA) is 122 Å². The molecular weight excluding hydrogens is 350 g/mol. The van der Waals surface area contributed by atoms with Crippen molar-refractivity contribution in [3.05, 3.63) is 0 Å². The molecule has 0 aromatic carbocycles. The molecule has 0 aromatic heterocycles. The molecule has 2 aliphatic rings. The Morgan fingerprint density at radius 2 is 2.07 bits per heavy atom. The Balaban J connectivity index is 2.11. The Hall–Kier alpha value is -1.67. The van der Waals surface area contributed by atoms with Crippen molar-refractivity contribution in [3.8, 4) is 0 Å². The number of nitrogens with one attached hydrogen (secondary N) is 1. The van der Waals surface area contributed by atoms with E-state index in [1.165, 1.54) is 4.90 Å². The number of ether oxygens (including phenoxy) is 1. The number of unbranched alkanes of at least 4 members (excludes halogenated alkanes) is 1. The molecule has 1 unspecified atom stereocenters. The molecule has 4 atom stereocenters. The van der Waals surface area contributed by atoms with Crippen molar-refractivity contribution < 1.29 is 24.2 Å². The summed E-state index contributed by atoms with van der Waals surface area (Å²) < 4.78 is 5.16. The van der Waals surface area contributed by atoms with Crippen molar-refractivity contribution in [1.29, 1.82) is 0 Å². The summed E-state index contributed by atoms with van der Waals surface area (Å²) in [7, 11) is 0. The summed E-state index contributed by atoms with van der Waals surface area (Å²) in [6.07, 6.45) is 6.49. The highest BCUT2D eigenvalue weighted by Gasteiger charge is 2.42. The summed E-state index contributed by atoms with van der Waals surface area (Å²) in [5, 5.41) is 12.4. The molecule has 2 fully saturated rings. The second-order valence-corrected chi connectivity index (χ2v) is 7.50. The van der Waals surface area contributed by atoms with Crippen molar-refractivity contribution >= 4 is 17.8 Å². The van der Waals surface area contributed by atoms with E-state index in [0.29, 0.717) is 25.3 Å². The van der Waals surface area contributed by atoms with E-state index in [2.05, 4.69) is 5.32 Å². The van der Waals surface area contributed by atoms with Gasteiger partial charge in [0.2, 0.25) is 5.91 Å². The third-order valence-corrected chi connectivity index (χ3v) is 5.65. The number of hydrogen-bond acceptors (Lipinski definition) is 6. The molecule has 154 valence electrons. The van der Waals surface area contributed by atoms with Gasteiger partial charge in [-0.25, -0.2) is 0 Å². The lowest BCUT2D eigenvalue weighted by molar-refractivity contribution is -0.149. The van der Waals surface area contributed by atoms with E-state index in [1.807, 2.05) is 0 Å².